The molecule has 150 valence electrons. The molecule has 4 rings (SSSR count). The lowest BCUT2D eigenvalue weighted by Gasteiger charge is -2.11. The summed E-state index contributed by atoms with van der Waals surface area (Å²) in [5.41, 5.74) is 0.424. The van der Waals surface area contributed by atoms with Gasteiger partial charge in [-0.3, -0.25) is 0 Å². The Labute approximate surface area is 171 Å². The molecule has 0 unspecified atom stereocenters. The van der Waals surface area contributed by atoms with E-state index < -0.39 is 21.7 Å². The third-order valence-corrected chi connectivity index (χ3v) is 5.57. The van der Waals surface area contributed by atoms with Crippen molar-refractivity contribution in [2.24, 2.45) is 0 Å². The first kappa shape index (κ1) is 19.3. The van der Waals surface area contributed by atoms with E-state index in [1.54, 1.807) is 66.7 Å². The Morgan fingerprint density at radius 3 is 2.33 bits per heavy atom. The summed E-state index contributed by atoms with van der Waals surface area (Å²) in [5.74, 6) is 0.000478. The number of nitrogens with zero attached hydrogens (tertiary/aromatic N) is 1. The second-order valence-corrected chi connectivity index (χ2v) is 7.92. The summed E-state index contributed by atoms with van der Waals surface area (Å²) >= 11 is 0. The quantitative estimate of drug-likeness (QED) is 0.522. The van der Waals surface area contributed by atoms with Gasteiger partial charge in [0.1, 0.15) is 0 Å². The molecule has 0 aliphatic carbocycles. The van der Waals surface area contributed by atoms with Crippen LogP contribution in [0, 0.1) is 0 Å². The molecule has 0 saturated heterocycles. The Morgan fingerprint density at radius 1 is 0.867 bits per heavy atom. The highest BCUT2D eigenvalue weighted by molar-refractivity contribution is 7.90. The highest BCUT2D eigenvalue weighted by atomic mass is 32.2. The number of urea groups is 1. The minimum atomic E-state index is -4.04. The summed E-state index contributed by atoms with van der Waals surface area (Å²) in [6.07, 6.45) is 0. The van der Waals surface area contributed by atoms with Crippen LogP contribution in [0.15, 0.2) is 93.0 Å². The number of rotatable bonds is 4. The molecule has 1 heterocycles. The Morgan fingerprint density at radius 2 is 1.53 bits per heavy atom. The van der Waals surface area contributed by atoms with Crippen LogP contribution in [0.4, 0.5) is 10.5 Å². The number of hydrogen-bond acceptors (Lipinski definition) is 6. The van der Waals surface area contributed by atoms with E-state index >= 15 is 0 Å². The Kier molecular flexibility index (Phi) is 5.03. The topological polar surface area (TPSA) is 118 Å². The van der Waals surface area contributed by atoms with Crippen LogP contribution in [0.2, 0.25) is 0 Å². The predicted octanol–water partition coefficient (Wildman–Crippen LogP) is 3.37. The number of benzene rings is 3. The predicted molar refractivity (Wildman–Crippen MR) is 111 cm³/mol. The second kappa shape index (κ2) is 7.80. The van der Waals surface area contributed by atoms with E-state index in [-0.39, 0.29) is 16.5 Å². The van der Waals surface area contributed by atoms with Gasteiger partial charge in [-0.15, -0.1) is 0 Å². The van der Waals surface area contributed by atoms with E-state index in [9.17, 15) is 18.0 Å². The molecule has 3 aromatic carbocycles. The number of fused-ring (bicyclic) bond motifs is 1. The third-order valence-electron chi connectivity index (χ3n) is 4.22. The molecule has 0 spiro atoms. The van der Waals surface area contributed by atoms with Crippen molar-refractivity contribution in [1.29, 1.82) is 0 Å². The van der Waals surface area contributed by atoms with E-state index in [1.807, 2.05) is 4.72 Å². The van der Waals surface area contributed by atoms with Gasteiger partial charge in [0, 0.05) is 0 Å². The summed E-state index contributed by atoms with van der Waals surface area (Å²) in [6.45, 7) is 0. The highest BCUT2D eigenvalue weighted by Crippen LogP contribution is 2.26. The molecule has 8 nitrogen and oxygen atoms in total. The van der Waals surface area contributed by atoms with Gasteiger partial charge in [-0.25, -0.2) is 27.7 Å². The van der Waals surface area contributed by atoms with Gasteiger partial charge in [-0.2, -0.15) is 0 Å². The molecule has 0 atom stereocenters. The molecule has 4 aromatic rings. The van der Waals surface area contributed by atoms with Crippen molar-refractivity contribution in [3.8, 4) is 11.5 Å². The van der Waals surface area contributed by atoms with Crippen molar-refractivity contribution in [2.45, 2.75) is 4.90 Å². The lowest BCUT2D eigenvalue weighted by Crippen LogP contribution is -2.34. The minimum absolute atomic E-state index is 0.000478. The summed E-state index contributed by atoms with van der Waals surface area (Å²) in [7, 11) is -4.04. The van der Waals surface area contributed by atoms with Gasteiger partial charge in [-0.1, -0.05) is 42.5 Å². The molecule has 9 heteroatoms. The van der Waals surface area contributed by atoms with Crippen LogP contribution in [0.1, 0.15) is 0 Å². The van der Waals surface area contributed by atoms with Gasteiger partial charge in [0.05, 0.1) is 27.0 Å². The summed E-state index contributed by atoms with van der Waals surface area (Å²) in [6, 6.07) is 19.7. The molecule has 2 N–H and O–H groups in total. The second-order valence-electron chi connectivity index (χ2n) is 6.24. The van der Waals surface area contributed by atoms with E-state index in [2.05, 4.69) is 10.3 Å². The van der Waals surface area contributed by atoms with Gasteiger partial charge in [0.2, 0.25) is 5.89 Å². The van der Waals surface area contributed by atoms with Gasteiger partial charge in [0.15, 0.2) is 0 Å². The van der Waals surface area contributed by atoms with Crippen molar-refractivity contribution >= 4 is 32.6 Å². The SMILES string of the molecule is O=C(Nc1ccccc1-c1nc2ccccc2c(=O)o1)NS(=O)(=O)c1ccccc1. The zero-order valence-corrected chi connectivity index (χ0v) is 16.2. The van der Waals surface area contributed by atoms with Gasteiger partial charge < -0.3 is 9.73 Å². The fourth-order valence-electron chi connectivity index (χ4n) is 2.84. The number of amides is 2. The fraction of sp³-hybridized carbons (Fsp3) is 0. The van der Waals surface area contributed by atoms with Crippen LogP contribution in [-0.2, 0) is 10.0 Å². The summed E-state index contributed by atoms with van der Waals surface area (Å²) < 4.78 is 31.9. The van der Waals surface area contributed by atoms with E-state index in [1.165, 1.54) is 12.1 Å². The maximum absolute atomic E-state index is 12.4. The third kappa shape index (κ3) is 3.91. The highest BCUT2D eigenvalue weighted by Gasteiger charge is 2.19. The van der Waals surface area contributed by atoms with E-state index in [0.29, 0.717) is 16.5 Å². The fourth-order valence-corrected chi connectivity index (χ4v) is 3.77. The maximum atomic E-state index is 12.4. The molecule has 0 radical (unpaired) electrons. The first-order valence-corrected chi connectivity index (χ1v) is 10.3. The number of anilines is 1. The Balaban J connectivity index is 1.65. The lowest BCUT2D eigenvalue weighted by atomic mass is 10.1. The molecule has 1 aromatic heterocycles. The average molecular weight is 421 g/mol. The van der Waals surface area contributed by atoms with Crippen molar-refractivity contribution in [3.05, 3.63) is 89.3 Å². The van der Waals surface area contributed by atoms with Gasteiger partial charge >= 0.3 is 11.7 Å². The van der Waals surface area contributed by atoms with Crippen molar-refractivity contribution in [3.63, 3.8) is 0 Å². The molecule has 0 bridgehead atoms. The number of hydrogen-bond donors (Lipinski definition) is 2. The van der Waals surface area contributed by atoms with E-state index in [0.717, 1.165) is 0 Å². The molecule has 0 aliphatic rings. The molecule has 0 aliphatic heterocycles. The first-order chi connectivity index (χ1) is 14.4. The summed E-state index contributed by atoms with van der Waals surface area (Å²) in [4.78, 5) is 28.9. The van der Waals surface area contributed by atoms with Crippen molar-refractivity contribution < 1.29 is 17.6 Å². The first-order valence-electron chi connectivity index (χ1n) is 8.82. The Hall–Kier alpha value is -3.98. The van der Waals surface area contributed by atoms with E-state index in [4.69, 9.17) is 4.42 Å². The largest absolute Gasteiger partial charge is 0.403 e. The van der Waals surface area contributed by atoms with Crippen LogP contribution < -0.4 is 15.7 Å². The maximum Gasteiger partial charge on any atom is 0.347 e. The Bertz CT molecular complexity index is 1400. The molecule has 30 heavy (non-hydrogen) atoms. The number of aromatic nitrogens is 1. The van der Waals surface area contributed by atoms with Gasteiger partial charge in [-0.05, 0) is 36.4 Å². The zero-order chi connectivity index (χ0) is 21.1. The number of carbonyl (C=O) groups is 1. The molecular formula is C21H15N3O5S. The number of sulfonamides is 1. The number of nitrogens with one attached hydrogen (secondary N) is 2. The average Bonchev–Trinajstić information content (AvgIpc) is 2.74. The molecule has 0 saturated carbocycles. The van der Waals surface area contributed by atoms with Crippen LogP contribution in [-0.4, -0.2) is 19.4 Å². The van der Waals surface area contributed by atoms with Crippen LogP contribution >= 0.6 is 0 Å². The number of para-hydroxylation sites is 2. The van der Waals surface area contributed by atoms with Crippen LogP contribution in [0.25, 0.3) is 22.4 Å². The molecule has 2 amide bonds. The van der Waals surface area contributed by atoms with Crippen LogP contribution in [0.5, 0.6) is 0 Å². The summed E-state index contributed by atoms with van der Waals surface area (Å²) in [5, 5.41) is 2.80. The normalized spacial score (nSPS) is 11.2. The van der Waals surface area contributed by atoms with Crippen molar-refractivity contribution in [2.75, 3.05) is 5.32 Å². The van der Waals surface area contributed by atoms with Crippen LogP contribution in [0.3, 0.4) is 0 Å². The lowest BCUT2D eigenvalue weighted by molar-refractivity contribution is 0.256. The van der Waals surface area contributed by atoms with Gasteiger partial charge in [0.25, 0.3) is 10.0 Å². The molecular weight excluding hydrogens is 406 g/mol. The monoisotopic (exact) mass is 421 g/mol. The van der Waals surface area contributed by atoms with Crippen molar-refractivity contribution in [1.82, 2.24) is 9.71 Å². The number of carbonyl (C=O) groups excluding carboxylic acids is 1. The zero-order valence-electron chi connectivity index (χ0n) is 15.4. The standard InChI is InChI=1S/C21H15N3O5S/c25-20-16-11-5-7-13-18(16)22-19(29-20)15-10-4-6-12-17(15)23-21(26)24-30(27,28)14-8-2-1-3-9-14/h1-13H,(H2,23,24,26). The molecule has 0 fully saturated rings. The smallest absolute Gasteiger partial charge is 0.347 e. The minimum Gasteiger partial charge on any atom is -0.403 e.